The maximum atomic E-state index is 13.2. The Bertz CT molecular complexity index is 505. The molecule has 2 saturated heterocycles. The average Bonchev–Trinajstić information content (AvgIpc) is 2.48. The summed E-state index contributed by atoms with van der Waals surface area (Å²) in [5.74, 6) is -0.0632. The Balaban J connectivity index is 0.00000192. The van der Waals surface area contributed by atoms with E-state index in [9.17, 15) is 9.18 Å². The third-order valence-corrected chi connectivity index (χ3v) is 4.36. The number of rotatable bonds is 5. The van der Waals surface area contributed by atoms with Crippen molar-refractivity contribution >= 4 is 18.3 Å². The molecule has 1 unspecified atom stereocenters. The van der Waals surface area contributed by atoms with Crippen molar-refractivity contribution < 1.29 is 13.9 Å². The van der Waals surface area contributed by atoms with Gasteiger partial charge in [0.1, 0.15) is 5.82 Å². The summed E-state index contributed by atoms with van der Waals surface area (Å²) in [6, 6.07) is 6.60. The Morgan fingerprint density at radius 2 is 1.96 bits per heavy atom. The number of halogens is 2. The highest BCUT2D eigenvalue weighted by atomic mass is 35.5. The van der Waals surface area contributed by atoms with E-state index in [0.717, 1.165) is 31.7 Å². The van der Waals surface area contributed by atoms with Crippen LogP contribution in [0.2, 0.25) is 0 Å². The first kappa shape index (κ1) is 18.1. The molecule has 5 nitrogen and oxygen atoms in total. The van der Waals surface area contributed by atoms with Crippen LogP contribution in [-0.4, -0.2) is 56.7 Å². The Labute approximate surface area is 142 Å². The van der Waals surface area contributed by atoms with Gasteiger partial charge in [-0.05, 0) is 17.7 Å². The zero-order chi connectivity index (χ0) is 15.4. The molecule has 1 aromatic rings. The number of carbonyl (C=O) groups is 1. The van der Waals surface area contributed by atoms with Crippen molar-refractivity contribution in [1.82, 2.24) is 15.5 Å². The predicted molar refractivity (Wildman–Crippen MR) is 88.2 cm³/mol. The zero-order valence-corrected chi connectivity index (χ0v) is 13.8. The number of amides is 1. The molecule has 2 aliphatic rings. The minimum absolute atomic E-state index is 0. The molecule has 1 atom stereocenters. The Hall–Kier alpha value is -1.21. The second-order valence-electron chi connectivity index (χ2n) is 5.82. The number of ether oxygens (including phenoxy) is 1. The smallest absolute Gasteiger partial charge is 0.225 e. The second-order valence-corrected chi connectivity index (χ2v) is 5.82. The van der Waals surface area contributed by atoms with Gasteiger partial charge < -0.3 is 15.4 Å². The first-order valence-corrected chi connectivity index (χ1v) is 7.80. The van der Waals surface area contributed by atoms with E-state index in [2.05, 4.69) is 15.5 Å². The summed E-state index contributed by atoms with van der Waals surface area (Å²) in [7, 11) is 0. The van der Waals surface area contributed by atoms with Crippen molar-refractivity contribution in [2.24, 2.45) is 5.92 Å². The van der Waals surface area contributed by atoms with Crippen LogP contribution in [0.3, 0.4) is 0 Å². The van der Waals surface area contributed by atoms with E-state index in [4.69, 9.17) is 4.74 Å². The Morgan fingerprint density at radius 1 is 1.30 bits per heavy atom. The molecule has 0 aliphatic carbocycles. The fraction of sp³-hybridized carbons (Fsp3) is 0.562. The van der Waals surface area contributed by atoms with Crippen molar-refractivity contribution in [3.8, 4) is 0 Å². The van der Waals surface area contributed by atoms with Gasteiger partial charge in [0.05, 0.1) is 25.2 Å². The van der Waals surface area contributed by atoms with Gasteiger partial charge in [-0.25, -0.2) is 4.39 Å². The maximum absolute atomic E-state index is 13.2. The molecule has 0 aromatic heterocycles. The highest BCUT2D eigenvalue weighted by Gasteiger charge is 2.27. The molecule has 2 heterocycles. The van der Waals surface area contributed by atoms with Crippen molar-refractivity contribution in [2.45, 2.75) is 6.04 Å². The van der Waals surface area contributed by atoms with Crippen molar-refractivity contribution in [1.29, 1.82) is 0 Å². The van der Waals surface area contributed by atoms with Gasteiger partial charge in [0.2, 0.25) is 5.91 Å². The van der Waals surface area contributed by atoms with Crippen LogP contribution in [0.4, 0.5) is 4.39 Å². The first-order valence-electron chi connectivity index (χ1n) is 7.80. The van der Waals surface area contributed by atoms with Crippen LogP contribution in [0.15, 0.2) is 24.3 Å². The molecular formula is C16H23ClFN3O2. The van der Waals surface area contributed by atoms with E-state index in [0.29, 0.717) is 19.8 Å². The van der Waals surface area contributed by atoms with Gasteiger partial charge in [-0.3, -0.25) is 9.69 Å². The van der Waals surface area contributed by atoms with Crippen LogP contribution in [0, 0.1) is 11.7 Å². The molecule has 3 rings (SSSR count). The van der Waals surface area contributed by atoms with Gasteiger partial charge in [-0.1, -0.05) is 12.1 Å². The quantitative estimate of drug-likeness (QED) is 0.836. The molecule has 0 spiro atoms. The number of hydrogen-bond acceptors (Lipinski definition) is 4. The molecule has 0 saturated carbocycles. The van der Waals surface area contributed by atoms with Crippen molar-refractivity contribution in [3.05, 3.63) is 35.6 Å². The molecule has 2 N–H and O–H groups in total. The van der Waals surface area contributed by atoms with E-state index in [1.54, 1.807) is 12.1 Å². The number of benzene rings is 1. The van der Waals surface area contributed by atoms with Crippen molar-refractivity contribution in [2.75, 3.05) is 45.9 Å². The van der Waals surface area contributed by atoms with Crippen LogP contribution in [-0.2, 0) is 9.53 Å². The molecular weight excluding hydrogens is 321 g/mol. The van der Waals surface area contributed by atoms with E-state index < -0.39 is 0 Å². The topological polar surface area (TPSA) is 53.6 Å². The largest absolute Gasteiger partial charge is 0.379 e. The minimum atomic E-state index is -0.242. The van der Waals surface area contributed by atoms with E-state index in [1.165, 1.54) is 12.1 Å². The van der Waals surface area contributed by atoms with Crippen LogP contribution >= 0.6 is 12.4 Å². The van der Waals surface area contributed by atoms with Crippen LogP contribution < -0.4 is 10.6 Å². The summed E-state index contributed by atoms with van der Waals surface area (Å²) in [5, 5.41) is 6.14. The lowest BCUT2D eigenvalue weighted by Gasteiger charge is -2.35. The van der Waals surface area contributed by atoms with Crippen LogP contribution in [0.1, 0.15) is 11.6 Å². The normalized spacial score (nSPS) is 20.2. The lowest BCUT2D eigenvalue weighted by atomic mass is 10.0. The van der Waals surface area contributed by atoms with Crippen molar-refractivity contribution in [3.63, 3.8) is 0 Å². The highest BCUT2D eigenvalue weighted by molar-refractivity contribution is 5.85. The lowest BCUT2D eigenvalue weighted by Crippen LogP contribution is -2.52. The molecule has 2 aliphatic heterocycles. The molecule has 23 heavy (non-hydrogen) atoms. The maximum Gasteiger partial charge on any atom is 0.225 e. The van der Waals surface area contributed by atoms with Gasteiger partial charge in [0, 0.05) is 32.7 Å². The summed E-state index contributed by atoms with van der Waals surface area (Å²) in [6.45, 7) is 5.08. The summed E-state index contributed by atoms with van der Waals surface area (Å²) in [5.41, 5.74) is 1.02. The second kappa shape index (κ2) is 8.59. The Kier molecular flexibility index (Phi) is 6.77. The molecule has 0 radical (unpaired) electrons. The molecule has 1 aromatic carbocycles. The average molecular weight is 344 g/mol. The van der Waals surface area contributed by atoms with Crippen LogP contribution in [0.25, 0.3) is 0 Å². The summed E-state index contributed by atoms with van der Waals surface area (Å²) < 4.78 is 18.6. The standard InChI is InChI=1S/C16H22FN3O2.ClH/c17-14-3-1-12(2-4-14)15(20-5-7-22-8-6-20)11-19-16(21)13-9-18-10-13;/h1-4,13,15,18H,5-11H2,(H,19,21);1H. The minimum Gasteiger partial charge on any atom is -0.379 e. The monoisotopic (exact) mass is 343 g/mol. The third kappa shape index (κ3) is 4.64. The summed E-state index contributed by atoms with van der Waals surface area (Å²) in [4.78, 5) is 14.3. The van der Waals surface area contributed by atoms with E-state index in [-0.39, 0.29) is 36.1 Å². The highest BCUT2D eigenvalue weighted by Crippen LogP contribution is 2.22. The Morgan fingerprint density at radius 3 is 2.52 bits per heavy atom. The van der Waals surface area contributed by atoms with E-state index in [1.807, 2.05) is 0 Å². The van der Waals surface area contributed by atoms with Gasteiger partial charge in [-0.2, -0.15) is 0 Å². The summed E-state index contributed by atoms with van der Waals surface area (Å²) >= 11 is 0. The molecule has 0 bridgehead atoms. The lowest BCUT2D eigenvalue weighted by molar-refractivity contribution is -0.126. The number of hydrogen-bond donors (Lipinski definition) is 2. The van der Waals surface area contributed by atoms with Gasteiger partial charge >= 0.3 is 0 Å². The first-order chi connectivity index (χ1) is 10.7. The molecule has 2 fully saturated rings. The number of nitrogens with one attached hydrogen (secondary N) is 2. The summed E-state index contributed by atoms with van der Waals surface area (Å²) in [6.07, 6.45) is 0. The predicted octanol–water partition coefficient (Wildman–Crippen LogP) is 0.956. The number of nitrogens with zero attached hydrogens (tertiary/aromatic N) is 1. The van der Waals surface area contributed by atoms with Gasteiger partial charge in [0.15, 0.2) is 0 Å². The van der Waals surface area contributed by atoms with Crippen LogP contribution in [0.5, 0.6) is 0 Å². The van der Waals surface area contributed by atoms with Gasteiger partial charge in [0.25, 0.3) is 0 Å². The number of carbonyl (C=O) groups excluding carboxylic acids is 1. The van der Waals surface area contributed by atoms with Gasteiger partial charge in [-0.15, -0.1) is 12.4 Å². The zero-order valence-electron chi connectivity index (χ0n) is 13.0. The SMILES string of the molecule is Cl.O=C(NCC(c1ccc(F)cc1)N1CCOCC1)C1CNC1. The fourth-order valence-corrected chi connectivity index (χ4v) is 2.85. The molecule has 7 heteroatoms. The number of morpholine rings is 1. The molecule has 1 amide bonds. The van der Waals surface area contributed by atoms with E-state index >= 15 is 0 Å². The third-order valence-electron chi connectivity index (χ3n) is 4.36. The fourth-order valence-electron chi connectivity index (χ4n) is 2.85. The molecule has 128 valence electrons.